The Morgan fingerprint density at radius 2 is 1.67 bits per heavy atom. The molecule has 1 heterocycles. The minimum atomic E-state index is -0.309. The van der Waals surface area contributed by atoms with Gasteiger partial charge >= 0.3 is 0 Å². The van der Waals surface area contributed by atoms with Crippen molar-refractivity contribution >= 4 is 5.78 Å². The van der Waals surface area contributed by atoms with Crippen molar-refractivity contribution in [1.29, 1.82) is 0 Å². The SMILES string of the molecule is CC(=O)c1c(-c2ccccc2)c2c([nH]c1=O)-c1ccccc1CC2. The van der Waals surface area contributed by atoms with Gasteiger partial charge in [0, 0.05) is 11.1 Å². The van der Waals surface area contributed by atoms with Crippen LogP contribution in [-0.2, 0) is 12.8 Å². The zero-order chi connectivity index (χ0) is 16.7. The second-order valence-corrected chi connectivity index (χ2v) is 6.14. The highest BCUT2D eigenvalue weighted by molar-refractivity contribution is 6.02. The number of benzene rings is 2. The molecule has 1 aliphatic carbocycles. The fraction of sp³-hybridized carbons (Fsp3) is 0.143. The highest BCUT2D eigenvalue weighted by Crippen LogP contribution is 2.38. The number of hydrogen-bond donors (Lipinski definition) is 1. The average Bonchev–Trinajstić information content (AvgIpc) is 2.61. The maximum atomic E-state index is 12.7. The van der Waals surface area contributed by atoms with Gasteiger partial charge in [0.05, 0.1) is 11.3 Å². The first-order chi connectivity index (χ1) is 11.7. The van der Waals surface area contributed by atoms with E-state index in [9.17, 15) is 9.59 Å². The topological polar surface area (TPSA) is 49.9 Å². The van der Waals surface area contributed by atoms with E-state index >= 15 is 0 Å². The molecule has 118 valence electrons. The van der Waals surface area contributed by atoms with Gasteiger partial charge in [0.15, 0.2) is 5.78 Å². The van der Waals surface area contributed by atoms with Gasteiger partial charge in [-0.25, -0.2) is 0 Å². The zero-order valence-electron chi connectivity index (χ0n) is 13.4. The normalized spacial score (nSPS) is 12.4. The zero-order valence-corrected chi connectivity index (χ0v) is 13.4. The third kappa shape index (κ3) is 2.21. The predicted molar refractivity (Wildman–Crippen MR) is 95.3 cm³/mol. The lowest BCUT2D eigenvalue weighted by atomic mass is 9.83. The van der Waals surface area contributed by atoms with Crippen LogP contribution in [0.4, 0.5) is 0 Å². The number of aromatic amines is 1. The van der Waals surface area contributed by atoms with Gasteiger partial charge in [0.1, 0.15) is 0 Å². The molecule has 0 fully saturated rings. The average molecular weight is 315 g/mol. The number of hydrogen-bond acceptors (Lipinski definition) is 2. The van der Waals surface area contributed by atoms with Gasteiger partial charge in [0.2, 0.25) is 0 Å². The van der Waals surface area contributed by atoms with Crippen molar-refractivity contribution in [1.82, 2.24) is 4.98 Å². The Hall–Kier alpha value is -2.94. The second kappa shape index (κ2) is 5.60. The summed E-state index contributed by atoms with van der Waals surface area (Å²) in [5.41, 5.74) is 5.87. The van der Waals surface area contributed by atoms with Gasteiger partial charge in [-0.3, -0.25) is 9.59 Å². The Kier molecular flexibility index (Phi) is 3.42. The molecule has 0 aliphatic heterocycles. The Labute approximate surface area is 140 Å². The molecule has 0 radical (unpaired) electrons. The number of rotatable bonds is 2. The largest absolute Gasteiger partial charge is 0.321 e. The first-order valence-electron chi connectivity index (χ1n) is 8.10. The standard InChI is InChI=1S/C21H17NO2/c1-13(23)18-19(15-8-3-2-4-9-15)17-12-11-14-7-5-6-10-16(14)20(17)22-21(18)24/h2-10H,11-12H2,1H3,(H,22,24). The number of pyridine rings is 1. The van der Waals surface area contributed by atoms with Crippen LogP contribution >= 0.6 is 0 Å². The molecule has 24 heavy (non-hydrogen) atoms. The van der Waals surface area contributed by atoms with Crippen molar-refractivity contribution in [2.75, 3.05) is 0 Å². The summed E-state index contributed by atoms with van der Waals surface area (Å²) in [6, 6.07) is 17.9. The lowest BCUT2D eigenvalue weighted by Crippen LogP contribution is -2.22. The summed E-state index contributed by atoms with van der Waals surface area (Å²) < 4.78 is 0. The molecule has 4 rings (SSSR count). The second-order valence-electron chi connectivity index (χ2n) is 6.14. The summed E-state index contributed by atoms with van der Waals surface area (Å²) in [6.07, 6.45) is 1.72. The molecule has 0 saturated carbocycles. The number of carbonyl (C=O) groups is 1. The van der Waals surface area contributed by atoms with E-state index in [-0.39, 0.29) is 16.9 Å². The van der Waals surface area contributed by atoms with Crippen LogP contribution in [0.25, 0.3) is 22.4 Å². The minimum Gasteiger partial charge on any atom is -0.321 e. The summed E-state index contributed by atoms with van der Waals surface area (Å²) in [5, 5.41) is 0. The molecule has 2 aromatic carbocycles. The molecule has 1 aliphatic rings. The molecular weight excluding hydrogens is 298 g/mol. The fourth-order valence-electron chi connectivity index (χ4n) is 3.62. The number of Topliss-reactive ketones (excluding diaryl/α,β-unsaturated/α-hetero) is 1. The number of ketones is 1. The van der Waals surface area contributed by atoms with Gasteiger partial charge in [-0.05, 0) is 36.5 Å². The van der Waals surface area contributed by atoms with Gasteiger partial charge in [-0.2, -0.15) is 0 Å². The number of aromatic nitrogens is 1. The van der Waals surface area contributed by atoms with E-state index in [1.54, 1.807) is 0 Å². The maximum Gasteiger partial charge on any atom is 0.259 e. The summed E-state index contributed by atoms with van der Waals surface area (Å²) in [7, 11) is 0. The van der Waals surface area contributed by atoms with Crippen LogP contribution in [0.3, 0.4) is 0 Å². The summed E-state index contributed by atoms with van der Waals surface area (Å²) in [5.74, 6) is -0.197. The molecule has 0 bridgehead atoms. The number of nitrogens with one attached hydrogen (secondary N) is 1. The molecule has 0 saturated heterocycles. The maximum absolute atomic E-state index is 12.7. The number of fused-ring (bicyclic) bond motifs is 3. The third-order valence-electron chi connectivity index (χ3n) is 4.66. The lowest BCUT2D eigenvalue weighted by molar-refractivity contribution is 0.101. The molecule has 0 amide bonds. The van der Waals surface area contributed by atoms with Crippen molar-refractivity contribution in [2.45, 2.75) is 19.8 Å². The summed E-state index contributed by atoms with van der Waals surface area (Å²) >= 11 is 0. The van der Waals surface area contributed by atoms with Gasteiger partial charge < -0.3 is 4.98 Å². The highest BCUT2D eigenvalue weighted by Gasteiger charge is 2.25. The van der Waals surface area contributed by atoms with Crippen molar-refractivity contribution in [3.63, 3.8) is 0 Å². The van der Waals surface area contributed by atoms with E-state index in [0.717, 1.165) is 40.8 Å². The molecule has 3 nitrogen and oxygen atoms in total. The van der Waals surface area contributed by atoms with E-state index in [4.69, 9.17) is 0 Å². The van der Waals surface area contributed by atoms with Gasteiger partial charge in [-0.15, -0.1) is 0 Å². The molecule has 0 unspecified atom stereocenters. The fourth-order valence-corrected chi connectivity index (χ4v) is 3.62. The predicted octanol–water partition coefficient (Wildman–Crippen LogP) is 4.01. The summed E-state index contributed by atoms with van der Waals surface area (Å²) in [4.78, 5) is 27.8. The number of H-pyrrole nitrogens is 1. The van der Waals surface area contributed by atoms with E-state index in [1.807, 2.05) is 48.5 Å². The quantitative estimate of drug-likeness (QED) is 0.726. The Balaban J connectivity index is 2.11. The summed E-state index contributed by atoms with van der Waals surface area (Å²) in [6.45, 7) is 1.46. The van der Waals surface area contributed by atoms with Crippen molar-refractivity contribution < 1.29 is 4.79 Å². The van der Waals surface area contributed by atoms with Crippen LogP contribution in [0.5, 0.6) is 0 Å². The van der Waals surface area contributed by atoms with Crippen LogP contribution in [0.15, 0.2) is 59.4 Å². The number of aryl methyl sites for hydroxylation is 1. The Morgan fingerprint density at radius 3 is 2.42 bits per heavy atom. The van der Waals surface area contributed by atoms with E-state index in [2.05, 4.69) is 11.1 Å². The molecular formula is C21H17NO2. The van der Waals surface area contributed by atoms with Crippen molar-refractivity contribution in [3.8, 4) is 22.4 Å². The van der Waals surface area contributed by atoms with Crippen LogP contribution in [0.2, 0.25) is 0 Å². The van der Waals surface area contributed by atoms with Gasteiger partial charge in [-0.1, -0.05) is 54.6 Å². The van der Waals surface area contributed by atoms with Crippen LogP contribution in [0.1, 0.15) is 28.4 Å². The van der Waals surface area contributed by atoms with E-state index in [1.165, 1.54) is 12.5 Å². The molecule has 0 spiro atoms. The molecule has 1 aromatic heterocycles. The smallest absolute Gasteiger partial charge is 0.259 e. The first-order valence-corrected chi connectivity index (χ1v) is 8.10. The Morgan fingerprint density at radius 1 is 0.958 bits per heavy atom. The first kappa shape index (κ1) is 14.6. The molecule has 0 atom stereocenters. The van der Waals surface area contributed by atoms with E-state index in [0.29, 0.717) is 0 Å². The van der Waals surface area contributed by atoms with Crippen molar-refractivity contribution in [3.05, 3.63) is 81.6 Å². The molecule has 3 aromatic rings. The van der Waals surface area contributed by atoms with Gasteiger partial charge in [0.25, 0.3) is 5.56 Å². The third-order valence-corrected chi connectivity index (χ3v) is 4.66. The van der Waals surface area contributed by atoms with Crippen LogP contribution < -0.4 is 5.56 Å². The van der Waals surface area contributed by atoms with Crippen LogP contribution in [0, 0.1) is 0 Å². The lowest BCUT2D eigenvalue weighted by Gasteiger charge is -2.23. The monoisotopic (exact) mass is 315 g/mol. The van der Waals surface area contributed by atoms with Crippen molar-refractivity contribution in [2.24, 2.45) is 0 Å². The minimum absolute atomic E-state index is 0.197. The van der Waals surface area contributed by atoms with Crippen LogP contribution in [-0.4, -0.2) is 10.8 Å². The Bertz CT molecular complexity index is 1000. The number of carbonyl (C=O) groups excluding carboxylic acids is 1. The molecule has 3 heteroatoms. The highest BCUT2D eigenvalue weighted by atomic mass is 16.1. The van der Waals surface area contributed by atoms with E-state index < -0.39 is 0 Å². The molecule has 1 N–H and O–H groups in total.